The van der Waals surface area contributed by atoms with Gasteiger partial charge in [0, 0.05) is 15.5 Å². The van der Waals surface area contributed by atoms with Crippen molar-refractivity contribution < 1.29 is 9.18 Å². The fourth-order valence-corrected chi connectivity index (χ4v) is 3.90. The highest BCUT2D eigenvalue weighted by Gasteiger charge is 2.17. The summed E-state index contributed by atoms with van der Waals surface area (Å²) in [5, 5.41) is 3.64. The van der Waals surface area contributed by atoms with Crippen molar-refractivity contribution in [3.8, 4) is 0 Å². The summed E-state index contributed by atoms with van der Waals surface area (Å²) in [7, 11) is 0. The Morgan fingerprint density at radius 2 is 2.14 bits per heavy atom. The van der Waals surface area contributed by atoms with Crippen LogP contribution < -0.4 is 5.32 Å². The number of rotatable bonds is 3. The molecule has 1 heterocycles. The van der Waals surface area contributed by atoms with Gasteiger partial charge in [0.1, 0.15) is 5.82 Å². The molecule has 0 saturated carbocycles. The number of nitrogens with zero attached hydrogens (tertiary/aromatic N) is 1. The monoisotopic (exact) mass is 338 g/mol. The topological polar surface area (TPSA) is 42.0 Å². The van der Waals surface area contributed by atoms with Gasteiger partial charge in [0.15, 0.2) is 5.13 Å². The lowest BCUT2D eigenvalue weighted by molar-refractivity contribution is -0.115. The predicted octanol–water partition coefficient (Wildman–Crippen LogP) is 4.39. The van der Waals surface area contributed by atoms with E-state index in [9.17, 15) is 9.18 Å². The van der Waals surface area contributed by atoms with Gasteiger partial charge < -0.3 is 5.32 Å². The maximum atomic E-state index is 13.7. The molecule has 3 rings (SSSR count). The fraction of sp³-hybridized carbons (Fsp3) is 0.375. The number of carbonyl (C=O) groups excluding carboxylic acids is 1. The van der Waals surface area contributed by atoms with E-state index < -0.39 is 5.82 Å². The summed E-state index contributed by atoms with van der Waals surface area (Å²) in [5.74, 6) is -0.756. The molecule has 0 spiro atoms. The third-order valence-electron chi connectivity index (χ3n) is 3.74. The van der Waals surface area contributed by atoms with Crippen molar-refractivity contribution in [1.82, 2.24) is 4.98 Å². The molecule has 22 heavy (non-hydrogen) atoms. The van der Waals surface area contributed by atoms with Gasteiger partial charge in [-0.2, -0.15) is 0 Å². The number of aromatic nitrogens is 1. The Kier molecular flexibility index (Phi) is 4.74. The quantitative estimate of drug-likeness (QED) is 0.843. The van der Waals surface area contributed by atoms with Crippen molar-refractivity contribution in [3.05, 3.63) is 45.2 Å². The smallest absolute Gasteiger partial charge is 0.230 e. The van der Waals surface area contributed by atoms with E-state index in [-0.39, 0.29) is 22.9 Å². The molecule has 0 atom stereocenters. The first-order valence-corrected chi connectivity index (χ1v) is 8.54. The number of thiazole rings is 1. The van der Waals surface area contributed by atoms with E-state index in [1.165, 1.54) is 41.2 Å². The Bertz CT molecular complexity index is 658. The highest BCUT2D eigenvalue weighted by Crippen LogP contribution is 2.29. The SMILES string of the molecule is O=C(Cc1c(F)cccc1Cl)Nc1nc2c(s1)CCCCC2. The Hall–Kier alpha value is -1.46. The van der Waals surface area contributed by atoms with Gasteiger partial charge in [-0.25, -0.2) is 9.37 Å². The number of benzene rings is 1. The minimum absolute atomic E-state index is 0.0875. The molecule has 0 bridgehead atoms. The first-order valence-electron chi connectivity index (χ1n) is 7.35. The van der Waals surface area contributed by atoms with Crippen molar-refractivity contribution in [1.29, 1.82) is 0 Å². The molecule has 116 valence electrons. The molecule has 1 aromatic heterocycles. The molecule has 0 aliphatic heterocycles. The normalized spacial score (nSPS) is 14.3. The van der Waals surface area contributed by atoms with Crippen LogP contribution in [0.15, 0.2) is 18.2 Å². The second-order valence-corrected chi connectivity index (χ2v) is 6.87. The standard InChI is InChI=1S/C16H16ClFN2OS/c17-11-5-4-6-12(18)10(11)9-15(21)20-16-19-13-7-2-1-3-8-14(13)22-16/h4-6H,1-3,7-9H2,(H,19,20,21). The Morgan fingerprint density at radius 3 is 2.95 bits per heavy atom. The summed E-state index contributed by atoms with van der Waals surface area (Å²) in [6.07, 6.45) is 5.47. The number of halogens is 2. The van der Waals surface area contributed by atoms with Gasteiger partial charge in [-0.15, -0.1) is 11.3 Å². The summed E-state index contributed by atoms with van der Waals surface area (Å²) >= 11 is 7.47. The molecule has 0 radical (unpaired) electrons. The number of hydrogen-bond acceptors (Lipinski definition) is 3. The van der Waals surface area contributed by atoms with E-state index in [1.54, 1.807) is 6.07 Å². The summed E-state index contributed by atoms with van der Waals surface area (Å²) in [6.45, 7) is 0. The molecule has 0 saturated heterocycles. The molecule has 1 aromatic carbocycles. The van der Waals surface area contributed by atoms with Crippen LogP contribution in [-0.4, -0.2) is 10.9 Å². The van der Waals surface area contributed by atoms with Crippen molar-refractivity contribution in [3.63, 3.8) is 0 Å². The number of carbonyl (C=O) groups is 1. The number of aryl methyl sites for hydroxylation is 2. The van der Waals surface area contributed by atoms with Crippen molar-refractivity contribution in [2.45, 2.75) is 38.5 Å². The highest BCUT2D eigenvalue weighted by atomic mass is 35.5. The average molecular weight is 339 g/mol. The fourth-order valence-electron chi connectivity index (χ4n) is 2.61. The molecule has 2 aromatic rings. The van der Waals surface area contributed by atoms with Crippen LogP contribution in [0.3, 0.4) is 0 Å². The number of nitrogens with one attached hydrogen (secondary N) is 1. The number of fused-ring (bicyclic) bond motifs is 1. The lowest BCUT2D eigenvalue weighted by atomic mass is 10.1. The average Bonchev–Trinajstić information content (AvgIpc) is 2.72. The molecular weight excluding hydrogens is 323 g/mol. The van der Waals surface area contributed by atoms with E-state index >= 15 is 0 Å². The van der Waals surface area contributed by atoms with Crippen LogP contribution in [0.25, 0.3) is 0 Å². The number of hydrogen-bond donors (Lipinski definition) is 1. The zero-order valence-electron chi connectivity index (χ0n) is 12.0. The molecule has 0 fully saturated rings. The van der Waals surface area contributed by atoms with E-state index in [4.69, 9.17) is 11.6 Å². The van der Waals surface area contributed by atoms with Gasteiger partial charge in [0.25, 0.3) is 0 Å². The molecule has 0 unspecified atom stereocenters. The summed E-state index contributed by atoms with van der Waals surface area (Å²) < 4.78 is 13.7. The zero-order chi connectivity index (χ0) is 15.5. The van der Waals surface area contributed by atoms with E-state index in [2.05, 4.69) is 10.3 Å². The third kappa shape index (κ3) is 3.47. The van der Waals surface area contributed by atoms with Gasteiger partial charge in [-0.05, 0) is 37.8 Å². The predicted molar refractivity (Wildman–Crippen MR) is 87.1 cm³/mol. The Morgan fingerprint density at radius 1 is 1.32 bits per heavy atom. The van der Waals surface area contributed by atoms with Crippen LogP contribution in [0.5, 0.6) is 0 Å². The summed E-state index contributed by atoms with van der Waals surface area (Å²) in [6, 6.07) is 4.41. The van der Waals surface area contributed by atoms with Gasteiger partial charge in [0.2, 0.25) is 5.91 Å². The largest absolute Gasteiger partial charge is 0.302 e. The summed E-state index contributed by atoms with van der Waals surface area (Å²) in [5.41, 5.74) is 1.32. The molecule has 1 aliphatic rings. The van der Waals surface area contributed by atoms with Crippen LogP contribution in [0.1, 0.15) is 35.4 Å². The second-order valence-electron chi connectivity index (χ2n) is 5.37. The lowest BCUT2D eigenvalue weighted by Gasteiger charge is -2.05. The van der Waals surface area contributed by atoms with Crippen LogP contribution in [0.2, 0.25) is 5.02 Å². The van der Waals surface area contributed by atoms with E-state index in [1.807, 2.05) is 0 Å². The van der Waals surface area contributed by atoms with Gasteiger partial charge in [0.05, 0.1) is 12.1 Å². The molecule has 1 aliphatic carbocycles. The van der Waals surface area contributed by atoms with Gasteiger partial charge >= 0.3 is 0 Å². The van der Waals surface area contributed by atoms with Crippen LogP contribution in [0.4, 0.5) is 9.52 Å². The van der Waals surface area contributed by atoms with Crippen molar-refractivity contribution >= 4 is 34.0 Å². The minimum Gasteiger partial charge on any atom is -0.302 e. The van der Waals surface area contributed by atoms with Crippen LogP contribution in [0, 0.1) is 5.82 Å². The Balaban J connectivity index is 1.70. The molecule has 1 amide bonds. The highest BCUT2D eigenvalue weighted by molar-refractivity contribution is 7.15. The number of anilines is 1. The zero-order valence-corrected chi connectivity index (χ0v) is 13.6. The van der Waals surface area contributed by atoms with E-state index in [0.29, 0.717) is 5.13 Å². The summed E-state index contributed by atoms with van der Waals surface area (Å²) in [4.78, 5) is 17.9. The van der Waals surface area contributed by atoms with Crippen molar-refractivity contribution in [2.75, 3.05) is 5.32 Å². The minimum atomic E-state index is -0.461. The molecule has 3 nitrogen and oxygen atoms in total. The van der Waals surface area contributed by atoms with Crippen molar-refractivity contribution in [2.24, 2.45) is 0 Å². The second kappa shape index (κ2) is 6.75. The number of amides is 1. The van der Waals surface area contributed by atoms with Gasteiger partial charge in [-0.1, -0.05) is 24.1 Å². The van der Waals surface area contributed by atoms with Crippen LogP contribution >= 0.6 is 22.9 Å². The maximum Gasteiger partial charge on any atom is 0.230 e. The third-order valence-corrected chi connectivity index (χ3v) is 5.17. The first-order chi connectivity index (χ1) is 10.6. The lowest BCUT2D eigenvalue weighted by Crippen LogP contribution is -2.15. The van der Waals surface area contributed by atoms with Crippen LogP contribution in [-0.2, 0) is 24.1 Å². The Labute approximate surface area is 137 Å². The molecule has 1 N–H and O–H groups in total. The molecular formula is C16H16ClFN2OS. The first kappa shape index (κ1) is 15.4. The molecule has 6 heteroatoms. The van der Waals surface area contributed by atoms with Gasteiger partial charge in [-0.3, -0.25) is 4.79 Å². The maximum absolute atomic E-state index is 13.7. The van der Waals surface area contributed by atoms with E-state index in [0.717, 1.165) is 25.0 Å².